The highest BCUT2D eigenvalue weighted by molar-refractivity contribution is 5.24. The second-order valence-corrected chi connectivity index (χ2v) is 7.07. The van der Waals surface area contributed by atoms with Crippen LogP contribution in [0.4, 0.5) is 0 Å². The molecule has 0 radical (unpaired) electrons. The van der Waals surface area contributed by atoms with Crippen LogP contribution in [-0.2, 0) is 13.0 Å². The Hall–Kier alpha value is -1.80. The van der Waals surface area contributed by atoms with Gasteiger partial charge in [0.2, 0.25) is 0 Å². The first-order valence-corrected chi connectivity index (χ1v) is 9.27. The molecule has 0 spiro atoms. The van der Waals surface area contributed by atoms with Crippen molar-refractivity contribution in [1.82, 2.24) is 4.90 Å². The Bertz CT molecular complexity index is 593. The third kappa shape index (κ3) is 5.38. The third-order valence-electron chi connectivity index (χ3n) is 4.85. The largest absolute Gasteiger partial charge is 0.489 e. The fourth-order valence-electron chi connectivity index (χ4n) is 3.48. The van der Waals surface area contributed by atoms with Gasteiger partial charge in [0.15, 0.2) is 0 Å². The minimum atomic E-state index is 0.635. The molecule has 1 unspecified atom stereocenters. The lowest BCUT2D eigenvalue weighted by Gasteiger charge is -2.30. The van der Waals surface area contributed by atoms with Gasteiger partial charge < -0.3 is 9.64 Å². The van der Waals surface area contributed by atoms with Gasteiger partial charge in [-0.25, -0.2) is 0 Å². The summed E-state index contributed by atoms with van der Waals surface area (Å²) in [6, 6.07) is 18.9. The summed E-state index contributed by atoms with van der Waals surface area (Å²) in [5.41, 5.74) is 2.66. The summed E-state index contributed by atoms with van der Waals surface area (Å²) < 4.78 is 5.80. The lowest BCUT2D eigenvalue weighted by molar-refractivity contribution is 0.182. The number of ether oxygens (including phenoxy) is 1. The number of benzene rings is 2. The van der Waals surface area contributed by atoms with Crippen molar-refractivity contribution >= 4 is 0 Å². The normalized spacial score (nSPS) is 18.5. The van der Waals surface area contributed by atoms with Gasteiger partial charge in [-0.05, 0) is 68.0 Å². The lowest BCUT2D eigenvalue weighted by Crippen LogP contribution is -2.35. The van der Waals surface area contributed by atoms with E-state index < -0.39 is 0 Å². The van der Waals surface area contributed by atoms with E-state index in [0.717, 1.165) is 11.7 Å². The van der Waals surface area contributed by atoms with Crippen LogP contribution in [-0.4, -0.2) is 24.5 Å². The average Bonchev–Trinajstić information content (AvgIpc) is 2.62. The van der Waals surface area contributed by atoms with Crippen LogP contribution in [0.15, 0.2) is 54.6 Å². The van der Waals surface area contributed by atoms with Crippen LogP contribution >= 0.6 is 0 Å². The summed E-state index contributed by atoms with van der Waals surface area (Å²) in [6.45, 7) is 6.83. The van der Waals surface area contributed by atoms with Crippen LogP contribution in [0, 0.1) is 5.92 Å². The maximum Gasteiger partial charge on any atom is 0.119 e. The van der Waals surface area contributed by atoms with E-state index in [1.807, 2.05) is 30.3 Å². The summed E-state index contributed by atoms with van der Waals surface area (Å²) in [5, 5.41) is 0. The standard InChI is InChI=1S/C22H29NO/c1-19-7-5-15-23(17-19)16-6-8-20-11-13-21(14-12-20)18-24-22-9-3-2-4-10-22/h2-4,9-14,19H,5-8,15-18H2,1H3. The van der Waals surface area contributed by atoms with Crippen LogP contribution < -0.4 is 4.74 Å². The van der Waals surface area contributed by atoms with Crippen molar-refractivity contribution < 1.29 is 4.74 Å². The summed E-state index contributed by atoms with van der Waals surface area (Å²) in [5.74, 6) is 1.81. The Morgan fingerprint density at radius 2 is 1.75 bits per heavy atom. The molecule has 128 valence electrons. The van der Waals surface area contributed by atoms with E-state index in [-0.39, 0.29) is 0 Å². The summed E-state index contributed by atoms with van der Waals surface area (Å²) in [6.07, 6.45) is 5.21. The second-order valence-electron chi connectivity index (χ2n) is 7.07. The molecule has 2 aromatic rings. The Morgan fingerprint density at radius 3 is 2.50 bits per heavy atom. The molecule has 3 rings (SSSR count). The SMILES string of the molecule is CC1CCCN(CCCc2ccc(COc3ccccc3)cc2)C1. The van der Waals surface area contributed by atoms with Crippen molar-refractivity contribution in [3.8, 4) is 5.75 Å². The molecule has 0 bridgehead atoms. The van der Waals surface area contributed by atoms with Gasteiger partial charge in [0.25, 0.3) is 0 Å². The molecule has 2 heteroatoms. The predicted octanol–water partition coefficient (Wildman–Crippen LogP) is 4.93. The first kappa shape index (κ1) is 17.0. The van der Waals surface area contributed by atoms with Crippen molar-refractivity contribution in [2.45, 2.75) is 39.2 Å². The molecule has 1 fully saturated rings. The molecule has 0 N–H and O–H groups in total. The van der Waals surface area contributed by atoms with Crippen molar-refractivity contribution in [3.05, 3.63) is 65.7 Å². The smallest absolute Gasteiger partial charge is 0.119 e. The van der Waals surface area contributed by atoms with Gasteiger partial charge in [-0.3, -0.25) is 0 Å². The molecule has 2 aromatic carbocycles. The van der Waals surface area contributed by atoms with Crippen LogP contribution in [0.5, 0.6) is 5.75 Å². The third-order valence-corrected chi connectivity index (χ3v) is 4.85. The maximum atomic E-state index is 5.80. The highest BCUT2D eigenvalue weighted by Gasteiger charge is 2.15. The molecular formula is C22H29NO. The van der Waals surface area contributed by atoms with Crippen molar-refractivity contribution in [1.29, 1.82) is 0 Å². The zero-order valence-corrected chi connectivity index (χ0v) is 14.8. The molecule has 0 amide bonds. The molecular weight excluding hydrogens is 294 g/mol. The van der Waals surface area contributed by atoms with Crippen molar-refractivity contribution in [2.75, 3.05) is 19.6 Å². The Balaban J connectivity index is 1.39. The molecule has 1 aliphatic heterocycles. The summed E-state index contributed by atoms with van der Waals surface area (Å²) >= 11 is 0. The predicted molar refractivity (Wildman–Crippen MR) is 100 cm³/mol. The van der Waals surface area contributed by atoms with Crippen LogP contribution in [0.3, 0.4) is 0 Å². The van der Waals surface area contributed by atoms with E-state index >= 15 is 0 Å². The summed E-state index contributed by atoms with van der Waals surface area (Å²) in [7, 11) is 0. The van der Waals surface area contributed by atoms with Crippen LogP contribution in [0.1, 0.15) is 37.3 Å². The van der Waals surface area contributed by atoms with Gasteiger partial charge in [0, 0.05) is 6.54 Å². The van der Waals surface area contributed by atoms with Crippen LogP contribution in [0.25, 0.3) is 0 Å². The van der Waals surface area contributed by atoms with E-state index in [9.17, 15) is 0 Å². The topological polar surface area (TPSA) is 12.5 Å². The number of rotatable bonds is 7. The monoisotopic (exact) mass is 323 g/mol. The maximum absolute atomic E-state index is 5.80. The molecule has 0 saturated carbocycles. The number of piperidine rings is 1. The van der Waals surface area contributed by atoms with Crippen LogP contribution in [0.2, 0.25) is 0 Å². The molecule has 0 aromatic heterocycles. The quantitative estimate of drug-likeness (QED) is 0.716. The van der Waals surface area contributed by atoms with E-state index in [0.29, 0.717) is 6.61 Å². The number of likely N-dealkylation sites (tertiary alicyclic amines) is 1. The average molecular weight is 323 g/mol. The van der Waals surface area contributed by atoms with E-state index in [1.54, 1.807) is 0 Å². The minimum Gasteiger partial charge on any atom is -0.489 e. The Kier molecular flexibility index (Phi) is 6.31. The fraction of sp³-hybridized carbons (Fsp3) is 0.455. The zero-order valence-electron chi connectivity index (χ0n) is 14.8. The first-order valence-electron chi connectivity index (χ1n) is 9.27. The minimum absolute atomic E-state index is 0.635. The van der Waals surface area contributed by atoms with E-state index in [1.165, 1.54) is 56.4 Å². The number of hydrogen-bond acceptors (Lipinski definition) is 2. The number of aryl methyl sites for hydroxylation is 1. The van der Waals surface area contributed by atoms with Gasteiger partial charge in [0.1, 0.15) is 12.4 Å². The van der Waals surface area contributed by atoms with E-state index in [2.05, 4.69) is 36.1 Å². The molecule has 1 aliphatic rings. The molecule has 1 atom stereocenters. The Labute approximate surface area is 146 Å². The van der Waals surface area contributed by atoms with Gasteiger partial charge in [-0.15, -0.1) is 0 Å². The first-order chi connectivity index (χ1) is 11.8. The molecule has 1 heterocycles. The lowest BCUT2D eigenvalue weighted by atomic mass is 10.00. The van der Waals surface area contributed by atoms with Crippen molar-refractivity contribution in [3.63, 3.8) is 0 Å². The molecule has 2 nitrogen and oxygen atoms in total. The van der Waals surface area contributed by atoms with Crippen molar-refractivity contribution in [2.24, 2.45) is 5.92 Å². The highest BCUT2D eigenvalue weighted by atomic mass is 16.5. The summed E-state index contributed by atoms with van der Waals surface area (Å²) in [4.78, 5) is 2.64. The number of nitrogens with zero attached hydrogens (tertiary/aromatic N) is 1. The second kappa shape index (κ2) is 8.89. The van der Waals surface area contributed by atoms with E-state index in [4.69, 9.17) is 4.74 Å². The molecule has 0 aliphatic carbocycles. The van der Waals surface area contributed by atoms with Gasteiger partial charge >= 0.3 is 0 Å². The fourth-order valence-corrected chi connectivity index (χ4v) is 3.48. The Morgan fingerprint density at radius 1 is 1.00 bits per heavy atom. The molecule has 1 saturated heterocycles. The van der Waals surface area contributed by atoms with Gasteiger partial charge in [-0.1, -0.05) is 49.4 Å². The number of hydrogen-bond donors (Lipinski definition) is 0. The molecule has 24 heavy (non-hydrogen) atoms. The zero-order chi connectivity index (χ0) is 16.6. The van der Waals surface area contributed by atoms with Gasteiger partial charge in [0.05, 0.1) is 0 Å². The number of para-hydroxylation sites is 1. The highest BCUT2D eigenvalue weighted by Crippen LogP contribution is 2.16. The van der Waals surface area contributed by atoms with Gasteiger partial charge in [-0.2, -0.15) is 0 Å².